The third kappa shape index (κ3) is 3.03. The number of nitrogens with one attached hydrogen (secondary N) is 1. The molecule has 2 rings (SSSR count). The summed E-state index contributed by atoms with van der Waals surface area (Å²) in [6.07, 6.45) is 0. The first-order chi connectivity index (χ1) is 9.01. The highest BCUT2D eigenvalue weighted by molar-refractivity contribution is 6.39. The fourth-order valence-corrected chi connectivity index (χ4v) is 2.12. The topological polar surface area (TPSA) is 47.3 Å². The lowest BCUT2D eigenvalue weighted by atomic mass is 10.2. The quantitative estimate of drug-likeness (QED) is 0.822. The molecule has 0 bridgehead atoms. The summed E-state index contributed by atoms with van der Waals surface area (Å²) in [5.41, 5.74) is 7.31. The summed E-state index contributed by atoms with van der Waals surface area (Å²) in [5.74, 6) is 0.130. The van der Waals surface area contributed by atoms with Gasteiger partial charge in [-0.2, -0.15) is 0 Å². The molecule has 0 aliphatic carbocycles. The zero-order valence-corrected chi connectivity index (χ0v) is 11.5. The van der Waals surface area contributed by atoms with Crippen LogP contribution in [0.25, 0.3) is 0 Å². The van der Waals surface area contributed by atoms with Crippen LogP contribution in [0.5, 0.6) is 5.75 Å². The Bertz CT molecular complexity index is 597. The Labute approximate surface area is 120 Å². The Morgan fingerprint density at radius 1 is 1.16 bits per heavy atom. The summed E-state index contributed by atoms with van der Waals surface area (Å²) < 4.78 is 18.2. The average molecular weight is 301 g/mol. The van der Waals surface area contributed by atoms with Gasteiger partial charge < -0.3 is 15.8 Å². The van der Waals surface area contributed by atoms with Gasteiger partial charge in [0.15, 0.2) is 0 Å². The largest absolute Gasteiger partial charge is 0.497 e. The van der Waals surface area contributed by atoms with Crippen LogP contribution in [0.4, 0.5) is 21.5 Å². The van der Waals surface area contributed by atoms with Crippen LogP contribution in [0.1, 0.15) is 0 Å². The first-order valence-corrected chi connectivity index (χ1v) is 6.12. The van der Waals surface area contributed by atoms with Crippen LogP contribution < -0.4 is 15.8 Å². The van der Waals surface area contributed by atoms with Crippen molar-refractivity contribution in [2.45, 2.75) is 0 Å². The zero-order chi connectivity index (χ0) is 14.0. The Balaban J connectivity index is 2.41. The van der Waals surface area contributed by atoms with Crippen molar-refractivity contribution in [1.82, 2.24) is 0 Å². The van der Waals surface area contributed by atoms with E-state index in [2.05, 4.69) is 5.32 Å². The standard InChI is InChI=1S/C13H11Cl2FN2O/c1-19-8-2-3-11(17)12(6-8)18-13-9(14)4-7(16)5-10(13)15/h2-6,18H,17H2,1H3. The number of nitrogens with two attached hydrogens (primary N) is 1. The van der Waals surface area contributed by atoms with E-state index in [1.807, 2.05) is 0 Å². The summed E-state index contributed by atoms with van der Waals surface area (Å²) in [6.45, 7) is 0. The van der Waals surface area contributed by atoms with Crippen molar-refractivity contribution in [3.8, 4) is 5.75 Å². The van der Waals surface area contributed by atoms with Gasteiger partial charge in [0.1, 0.15) is 11.6 Å². The highest BCUT2D eigenvalue weighted by Gasteiger charge is 2.10. The number of methoxy groups -OCH3 is 1. The number of rotatable bonds is 3. The van der Waals surface area contributed by atoms with E-state index in [1.165, 1.54) is 12.1 Å². The molecule has 0 fully saturated rings. The van der Waals surface area contributed by atoms with Crippen LogP contribution in [-0.2, 0) is 0 Å². The first kappa shape index (κ1) is 13.8. The van der Waals surface area contributed by atoms with Crippen molar-refractivity contribution in [3.63, 3.8) is 0 Å². The van der Waals surface area contributed by atoms with E-state index in [4.69, 9.17) is 33.7 Å². The molecule has 2 aromatic rings. The fourth-order valence-electron chi connectivity index (χ4n) is 1.57. The van der Waals surface area contributed by atoms with Crippen LogP contribution in [0.15, 0.2) is 30.3 Å². The van der Waals surface area contributed by atoms with Gasteiger partial charge in [0.2, 0.25) is 0 Å². The van der Waals surface area contributed by atoms with Crippen LogP contribution in [0.3, 0.4) is 0 Å². The molecule has 3 nitrogen and oxygen atoms in total. The molecule has 100 valence electrons. The van der Waals surface area contributed by atoms with Gasteiger partial charge >= 0.3 is 0 Å². The molecule has 0 heterocycles. The van der Waals surface area contributed by atoms with E-state index in [0.29, 0.717) is 22.8 Å². The molecular weight excluding hydrogens is 290 g/mol. The van der Waals surface area contributed by atoms with E-state index in [1.54, 1.807) is 25.3 Å². The van der Waals surface area contributed by atoms with Gasteiger partial charge in [0, 0.05) is 6.07 Å². The SMILES string of the molecule is COc1ccc(N)c(Nc2c(Cl)cc(F)cc2Cl)c1. The molecule has 0 aliphatic heterocycles. The number of nitrogen functional groups attached to an aromatic ring is 1. The molecule has 0 radical (unpaired) electrons. The summed E-state index contributed by atoms with van der Waals surface area (Å²) >= 11 is 11.9. The molecule has 0 amide bonds. The molecule has 6 heteroatoms. The second kappa shape index (κ2) is 5.55. The molecule has 2 aromatic carbocycles. The lowest BCUT2D eigenvalue weighted by Gasteiger charge is -2.13. The molecule has 0 aromatic heterocycles. The molecule has 0 unspecified atom stereocenters. The van der Waals surface area contributed by atoms with Crippen LogP contribution in [0.2, 0.25) is 10.0 Å². The smallest absolute Gasteiger partial charge is 0.126 e. The van der Waals surface area contributed by atoms with Crippen molar-refractivity contribution < 1.29 is 9.13 Å². The fraction of sp³-hybridized carbons (Fsp3) is 0.0769. The Kier molecular flexibility index (Phi) is 4.02. The zero-order valence-electron chi connectivity index (χ0n) is 10.0. The predicted molar refractivity (Wildman–Crippen MR) is 77.1 cm³/mol. The van der Waals surface area contributed by atoms with E-state index in [0.717, 1.165) is 0 Å². The maximum Gasteiger partial charge on any atom is 0.126 e. The summed E-state index contributed by atoms with van der Waals surface area (Å²) in [4.78, 5) is 0. The number of anilines is 3. The molecule has 19 heavy (non-hydrogen) atoms. The van der Waals surface area contributed by atoms with E-state index >= 15 is 0 Å². The second-order valence-electron chi connectivity index (χ2n) is 3.82. The first-order valence-electron chi connectivity index (χ1n) is 5.36. The van der Waals surface area contributed by atoms with Gasteiger partial charge in [-0.1, -0.05) is 23.2 Å². The highest BCUT2D eigenvalue weighted by Crippen LogP contribution is 2.36. The van der Waals surface area contributed by atoms with Crippen molar-refractivity contribution in [2.24, 2.45) is 0 Å². The van der Waals surface area contributed by atoms with E-state index < -0.39 is 5.82 Å². The molecule has 3 N–H and O–H groups in total. The Morgan fingerprint density at radius 3 is 2.37 bits per heavy atom. The van der Waals surface area contributed by atoms with Crippen molar-refractivity contribution >= 4 is 40.3 Å². The minimum absolute atomic E-state index is 0.173. The van der Waals surface area contributed by atoms with Crippen LogP contribution in [-0.4, -0.2) is 7.11 Å². The van der Waals surface area contributed by atoms with Gasteiger partial charge in [-0.3, -0.25) is 0 Å². The minimum Gasteiger partial charge on any atom is -0.497 e. The molecule has 0 atom stereocenters. The predicted octanol–water partition coefficient (Wildman–Crippen LogP) is 4.47. The molecule has 0 saturated heterocycles. The van der Waals surface area contributed by atoms with E-state index in [9.17, 15) is 4.39 Å². The number of hydrogen-bond donors (Lipinski definition) is 2. The lowest BCUT2D eigenvalue weighted by molar-refractivity contribution is 0.415. The summed E-state index contributed by atoms with van der Waals surface area (Å²) in [6, 6.07) is 7.46. The molecule has 0 aliphatic rings. The third-order valence-electron chi connectivity index (χ3n) is 2.53. The summed E-state index contributed by atoms with van der Waals surface area (Å²) in [7, 11) is 1.55. The number of ether oxygens (including phenoxy) is 1. The highest BCUT2D eigenvalue weighted by atomic mass is 35.5. The maximum absolute atomic E-state index is 13.1. The van der Waals surface area contributed by atoms with Gasteiger partial charge in [-0.05, 0) is 24.3 Å². The van der Waals surface area contributed by atoms with Gasteiger partial charge in [0.25, 0.3) is 0 Å². The van der Waals surface area contributed by atoms with Crippen LogP contribution in [0, 0.1) is 5.82 Å². The van der Waals surface area contributed by atoms with E-state index in [-0.39, 0.29) is 10.0 Å². The number of benzene rings is 2. The number of halogens is 3. The third-order valence-corrected chi connectivity index (χ3v) is 3.12. The maximum atomic E-state index is 13.1. The van der Waals surface area contributed by atoms with Gasteiger partial charge in [-0.25, -0.2) is 4.39 Å². The summed E-state index contributed by atoms with van der Waals surface area (Å²) in [5, 5.41) is 3.32. The monoisotopic (exact) mass is 300 g/mol. The van der Waals surface area contributed by atoms with Crippen molar-refractivity contribution in [3.05, 3.63) is 46.2 Å². The van der Waals surface area contributed by atoms with Crippen LogP contribution >= 0.6 is 23.2 Å². The van der Waals surface area contributed by atoms with Crippen molar-refractivity contribution in [1.29, 1.82) is 0 Å². The number of hydrogen-bond acceptors (Lipinski definition) is 3. The molecule has 0 saturated carbocycles. The second-order valence-corrected chi connectivity index (χ2v) is 4.64. The molecular formula is C13H11Cl2FN2O. The lowest BCUT2D eigenvalue weighted by Crippen LogP contribution is -1.98. The van der Waals surface area contributed by atoms with Gasteiger partial charge in [-0.15, -0.1) is 0 Å². The Morgan fingerprint density at radius 2 is 1.79 bits per heavy atom. The van der Waals surface area contributed by atoms with Gasteiger partial charge in [0.05, 0.1) is 34.2 Å². The average Bonchev–Trinajstić information content (AvgIpc) is 2.35. The Hall–Kier alpha value is -1.65. The normalized spacial score (nSPS) is 10.3. The van der Waals surface area contributed by atoms with Crippen molar-refractivity contribution in [2.75, 3.05) is 18.2 Å². The minimum atomic E-state index is -0.501. The molecule has 0 spiro atoms.